The average Bonchev–Trinajstić information content (AvgIpc) is 3.00. The molecule has 25 heavy (non-hydrogen) atoms. The van der Waals surface area contributed by atoms with E-state index in [2.05, 4.69) is 52.8 Å². The van der Waals surface area contributed by atoms with Crippen LogP contribution >= 0.6 is 11.3 Å². The molecule has 1 aromatic heterocycles. The van der Waals surface area contributed by atoms with Gasteiger partial charge in [0.1, 0.15) is 0 Å². The molecule has 1 aliphatic rings. The lowest BCUT2D eigenvalue weighted by molar-refractivity contribution is -0.123. The predicted octanol–water partition coefficient (Wildman–Crippen LogP) is 5.81. The van der Waals surface area contributed by atoms with Gasteiger partial charge in [-0.25, -0.2) is 4.98 Å². The first-order valence-corrected chi connectivity index (χ1v) is 10.3. The van der Waals surface area contributed by atoms with Gasteiger partial charge in [0.15, 0.2) is 5.13 Å². The zero-order valence-electron chi connectivity index (χ0n) is 16.1. The van der Waals surface area contributed by atoms with E-state index in [1.807, 2.05) is 4.90 Å². The van der Waals surface area contributed by atoms with E-state index in [1.165, 1.54) is 5.56 Å². The number of hydrogen-bond acceptors (Lipinski definition) is 3. The maximum Gasteiger partial charge on any atom is 0.231 e. The number of para-hydroxylation sites is 1. The Balaban J connectivity index is 1.76. The molecule has 0 spiro atoms. The maximum atomic E-state index is 13.1. The molecule has 2 aromatic rings. The summed E-state index contributed by atoms with van der Waals surface area (Å²) in [6.45, 7) is 11.8. The molecule has 0 atom stereocenters. The van der Waals surface area contributed by atoms with Crippen molar-refractivity contribution in [2.45, 2.75) is 60.3 Å². The van der Waals surface area contributed by atoms with Crippen molar-refractivity contribution >= 4 is 32.6 Å². The molecule has 1 aliphatic carbocycles. The number of hydrogen-bond donors (Lipinski definition) is 0. The molecule has 0 aliphatic heterocycles. The van der Waals surface area contributed by atoms with Crippen molar-refractivity contribution in [1.82, 2.24) is 4.98 Å². The Hall–Kier alpha value is -1.42. The molecule has 136 valence electrons. The second-order valence-electron chi connectivity index (χ2n) is 8.42. The van der Waals surface area contributed by atoms with Crippen molar-refractivity contribution in [2.24, 2.45) is 17.3 Å². The van der Waals surface area contributed by atoms with E-state index >= 15 is 0 Å². The fraction of sp³-hybridized carbons (Fsp3) is 0.619. The van der Waals surface area contributed by atoms with Gasteiger partial charge in [-0.05, 0) is 62.5 Å². The van der Waals surface area contributed by atoms with E-state index < -0.39 is 0 Å². The molecule has 0 bridgehead atoms. The van der Waals surface area contributed by atoms with Gasteiger partial charge in [-0.3, -0.25) is 9.69 Å². The van der Waals surface area contributed by atoms with E-state index in [0.717, 1.165) is 46.9 Å². The first-order valence-electron chi connectivity index (χ1n) is 9.48. The summed E-state index contributed by atoms with van der Waals surface area (Å²) < 4.78 is 1.16. The number of benzene rings is 1. The summed E-state index contributed by atoms with van der Waals surface area (Å²) >= 11 is 1.64. The summed E-state index contributed by atoms with van der Waals surface area (Å²) in [5.74, 6) is 1.16. The van der Waals surface area contributed by atoms with Crippen LogP contribution < -0.4 is 4.90 Å². The van der Waals surface area contributed by atoms with Crippen LogP contribution in [0.4, 0.5) is 5.13 Å². The van der Waals surface area contributed by atoms with Gasteiger partial charge in [-0.2, -0.15) is 0 Å². The molecule has 0 radical (unpaired) electrons. The number of anilines is 1. The van der Waals surface area contributed by atoms with Crippen molar-refractivity contribution < 1.29 is 4.79 Å². The lowest BCUT2D eigenvalue weighted by Crippen LogP contribution is -2.38. The van der Waals surface area contributed by atoms with Gasteiger partial charge >= 0.3 is 0 Å². The van der Waals surface area contributed by atoms with E-state index in [1.54, 1.807) is 11.3 Å². The van der Waals surface area contributed by atoms with Crippen LogP contribution in [0.15, 0.2) is 18.2 Å². The summed E-state index contributed by atoms with van der Waals surface area (Å²) in [7, 11) is 0. The van der Waals surface area contributed by atoms with Crippen molar-refractivity contribution in [3.05, 3.63) is 23.8 Å². The van der Waals surface area contributed by atoms with Gasteiger partial charge in [0.25, 0.3) is 0 Å². The number of aromatic nitrogens is 1. The maximum absolute atomic E-state index is 13.1. The van der Waals surface area contributed by atoms with E-state index in [-0.39, 0.29) is 11.8 Å². The van der Waals surface area contributed by atoms with Crippen molar-refractivity contribution in [1.29, 1.82) is 0 Å². The third-order valence-corrected chi connectivity index (χ3v) is 6.77. The number of aryl methyl sites for hydroxylation is 1. The predicted molar refractivity (Wildman–Crippen MR) is 107 cm³/mol. The van der Waals surface area contributed by atoms with E-state index in [0.29, 0.717) is 12.0 Å². The Morgan fingerprint density at radius 2 is 1.92 bits per heavy atom. The Labute approximate surface area is 155 Å². The highest BCUT2D eigenvalue weighted by Gasteiger charge is 2.34. The summed E-state index contributed by atoms with van der Waals surface area (Å²) in [6.07, 6.45) is 4.36. The van der Waals surface area contributed by atoms with Crippen LogP contribution in [0.2, 0.25) is 0 Å². The van der Waals surface area contributed by atoms with Gasteiger partial charge in [0.05, 0.1) is 10.2 Å². The lowest BCUT2D eigenvalue weighted by Gasteiger charge is -2.37. The number of carbonyl (C=O) groups excluding carboxylic acids is 1. The third kappa shape index (κ3) is 3.74. The highest BCUT2D eigenvalue weighted by Crippen LogP contribution is 2.41. The zero-order valence-corrected chi connectivity index (χ0v) is 16.9. The fourth-order valence-corrected chi connectivity index (χ4v) is 5.11. The Kier molecular flexibility index (Phi) is 5.19. The summed E-state index contributed by atoms with van der Waals surface area (Å²) in [4.78, 5) is 19.8. The molecule has 1 heterocycles. The number of amides is 1. The van der Waals surface area contributed by atoms with Gasteiger partial charge in [0.2, 0.25) is 5.91 Å². The van der Waals surface area contributed by atoms with Crippen molar-refractivity contribution in [3.63, 3.8) is 0 Å². The quantitative estimate of drug-likeness (QED) is 0.693. The number of thiazole rings is 1. The van der Waals surface area contributed by atoms with Crippen LogP contribution in [0, 0.1) is 24.2 Å². The Morgan fingerprint density at radius 3 is 2.48 bits per heavy atom. The first-order chi connectivity index (χ1) is 11.8. The number of nitrogens with zero attached hydrogens (tertiary/aromatic N) is 2. The molecule has 1 amide bonds. The molecule has 1 aromatic carbocycles. The molecule has 1 fully saturated rings. The highest BCUT2D eigenvalue weighted by molar-refractivity contribution is 7.22. The average molecular weight is 359 g/mol. The van der Waals surface area contributed by atoms with Crippen molar-refractivity contribution in [2.75, 3.05) is 11.4 Å². The van der Waals surface area contributed by atoms with Gasteiger partial charge < -0.3 is 0 Å². The molecule has 3 rings (SSSR count). The normalized spacial score (nSPS) is 21.5. The fourth-order valence-electron chi connectivity index (χ4n) is 4.00. The van der Waals surface area contributed by atoms with Gasteiger partial charge in [0, 0.05) is 12.5 Å². The molecule has 0 saturated heterocycles. The van der Waals surface area contributed by atoms with E-state index in [4.69, 9.17) is 4.98 Å². The minimum atomic E-state index is 0.159. The molecule has 4 heteroatoms. The summed E-state index contributed by atoms with van der Waals surface area (Å²) in [5, 5.41) is 0.856. The summed E-state index contributed by atoms with van der Waals surface area (Å²) in [5.41, 5.74) is 2.56. The van der Waals surface area contributed by atoms with E-state index in [9.17, 15) is 4.79 Å². The molecular weight excluding hydrogens is 328 g/mol. The summed E-state index contributed by atoms with van der Waals surface area (Å²) in [6, 6.07) is 6.24. The minimum absolute atomic E-state index is 0.159. The second-order valence-corrected chi connectivity index (χ2v) is 9.42. The number of rotatable bonds is 3. The molecule has 3 nitrogen and oxygen atoms in total. The minimum Gasteiger partial charge on any atom is -0.288 e. The standard InChI is InChI=1S/C21H30N2OS/c1-6-23(20-22-18-14(2)8-7-9-17(18)25-20)19(24)15-10-12-16(13-11-15)21(3,4)5/h7-9,15-16H,6,10-13H2,1-5H3. The largest absolute Gasteiger partial charge is 0.288 e. The van der Waals surface area contributed by atoms with Gasteiger partial charge in [-0.1, -0.05) is 44.2 Å². The second kappa shape index (κ2) is 7.06. The monoisotopic (exact) mass is 358 g/mol. The SMILES string of the molecule is CCN(C(=O)C1CCC(C(C)(C)C)CC1)c1nc2c(C)cccc2s1. The number of fused-ring (bicyclic) bond motifs is 1. The highest BCUT2D eigenvalue weighted by atomic mass is 32.1. The first kappa shape index (κ1) is 18.4. The molecule has 0 N–H and O–H groups in total. The molecular formula is C21H30N2OS. The Bertz CT molecular complexity index is 751. The third-order valence-electron chi connectivity index (χ3n) is 5.72. The van der Waals surface area contributed by atoms with Gasteiger partial charge in [-0.15, -0.1) is 0 Å². The molecule has 0 unspecified atom stereocenters. The lowest BCUT2D eigenvalue weighted by atomic mass is 9.69. The van der Waals surface area contributed by atoms with Crippen LogP contribution in [0.3, 0.4) is 0 Å². The van der Waals surface area contributed by atoms with Crippen LogP contribution in [0.1, 0.15) is 58.9 Å². The van der Waals surface area contributed by atoms with Crippen molar-refractivity contribution in [3.8, 4) is 0 Å². The number of carbonyl (C=O) groups is 1. The zero-order chi connectivity index (χ0) is 18.2. The molecule has 1 saturated carbocycles. The van der Waals surface area contributed by atoms with Crippen LogP contribution in [0.25, 0.3) is 10.2 Å². The Morgan fingerprint density at radius 1 is 1.24 bits per heavy atom. The van der Waals surface area contributed by atoms with Crippen LogP contribution in [-0.2, 0) is 4.79 Å². The van der Waals surface area contributed by atoms with Crippen LogP contribution in [-0.4, -0.2) is 17.4 Å². The van der Waals surface area contributed by atoms with Crippen LogP contribution in [0.5, 0.6) is 0 Å². The topological polar surface area (TPSA) is 33.2 Å². The smallest absolute Gasteiger partial charge is 0.231 e.